The molecule has 18 heavy (non-hydrogen) atoms. The van der Waals surface area contributed by atoms with Crippen molar-refractivity contribution in [2.75, 3.05) is 25.6 Å². The largest absolute Gasteiger partial charge is 0.344 e. The molecule has 1 amide bonds. The van der Waals surface area contributed by atoms with E-state index in [1.54, 1.807) is 11.9 Å². The summed E-state index contributed by atoms with van der Waals surface area (Å²) in [4.78, 5) is 13.8. The van der Waals surface area contributed by atoms with Crippen LogP contribution in [0.4, 0.5) is 0 Å². The molecule has 5 nitrogen and oxygen atoms in total. The third-order valence-electron chi connectivity index (χ3n) is 3.70. The van der Waals surface area contributed by atoms with E-state index in [9.17, 15) is 13.2 Å². The zero-order chi connectivity index (χ0) is 13.9. The van der Waals surface area contributed by atoms with E-state index in [2.05, 4.69) is 0 Å². The van der Waals surface area contributed by atoms with Crippen LogP contribution in [0.5, 0.6) is 0 Å². The molecule has 0 bridgehead atoms. The first-order chi connectivity index (χ1) is 8.20. The lowest BCUT2D eigenvalue weighted by atomic mass is 9.77. The normalized spacial score (nSPS) is 29.0. The molecule has 1 aliphatic carbocycles. The van der Waals surface area contributed by atoms with Crippen molar-refractivity contribution in [1.29, 1.82) is 0 Å². The third kappa shape index (κ3) is 4.57. The standard InChI is InChI=1S/C12H24N2O3S/c1-9-8-10(13)4-5-11(9)12(15)14(2)6-7-18(3,16)17/h9-11H,4-8,13H2,1-3H3. The maximum atomic E-state index is 12.2. The van der Waals surface area contributed by atoms with Crippen molar-refractivity contribution in [3.8, 4) is 0 Å². The molecule has 0 radical (unpaired) electrons. The highest BCUT2D eigenvalue weighted by Crippen LogP contribution is 2.30. The molecule has 0 aromatic rings. The van der Waals surface area contributed by atoms with Gasteiger partial charge >= 0.3 is 0 Å². The summed E-state index contributed by atoms with van der Waals surface area (Å²) in [5.41, 5.74) is 5.88. The van der Waals surface area contributed by atoms with Crippen molar-refractivity contribution in [1.82, 2.24) is 4.90 Å². The zero-order valence-electron chi connectivity index (χ0n) is 11.4. The second-order valence-corrected chi connectivity index (χ2v) is 7.81. The molecule has 6 heteroatoms. The molecule has 1 aliphatic rings. The Labute approximate surface area is 110 Å². The number of carbonyl (C=O) groups is 1. The van der Waals surface area contributed by atoms with Crippen molar-refractivity contribution in [3.63, 3.8) is 0 Å². The van der Waals surface area contributed by atoms with Gasteiger partial charge in [-0.2, -0.15) is 0 Å². The summed E-state index contributed by atoms with van der Waals surface area (Å²) in [5, 5.41) is 0. The Bertz CT molecular complexity index is 394. The fourth-order valence-corrected chi connectivity index (χ4v) is 3.11. The Morgan fingerprint density at radius 2 is 2.00 bits per heavy atom. The fraction of sp³-hybridized carbons (Fsp3) is 0.917. The van der Waals surface area contributed by atoms with Crippen molar-refractivity contribution < 1.29 is 13.2 Å². The van der Waals surface area contributed by atoms with Crippen LogP contribution in [0.15, 0.2) is 0 Å². The van der Waals surface area contributed by atoms with Crippen LogP contribution in [0.1, 0.15) is 26.2 Å². The molecule has 0 spiro atoms. The van der Waals surface area contributed by atoms with Crippen LogP contribution in [0.3, 0.4) is 0 Å². The number of hydrogen-bond donors (Lipinski definition) is 1. The van der Waals surface area contributed by atoms with E-state index in [4.69, 9.17) is 5.73 Å². The lowest BCUT2D eigenvalue weighted by Crippen LogP contribution is -2.42. The maximum Gasteiger partial charge on any atom is 0.225 e. The van der Waals surface area contributed by atoms with E-state index in [1.807, 2.05) is 6.92 Å². The van der Waals surface area contributed by atoms with E-state index < -0.39 is 9.84 Å². The van der Waals surface area contributed by atoms with Crippen LogP contribution in [0.2, 0.25) is 0 Å². The van der Waals surface area contributed by atoms with Gasteiger partial charge in [-0.1, -0.05) is 6.92 Å². The van der Waals surface area contributed by atoms with Crippen molar-refractivity contribution in [2.45, 2.75) is 32.2 Å². The Morgan fingerprint density at radius 1 is 1.39 bits per heavy atom. The number of sulfone groups is 1. The van der Waals surface area contributed by atoms with Crippen LogP contribution >= 0.6 is 0 Å². The number of amides is 1. The van der Waals surface area contributed by atoms with Gasteiger partial charge in [0, 0.05) is 31.8 Å². The molecular weight excluding hydrogens is 252 g/mol. The molecule has 3 unspecified atom stereocenters. The van der Waals surface area contributed by atoms with Gasteiger partial charge in [0.2, 0.25) is 5.91 Å². The fourth-order valence-electron chi connectivity index (χ4n) is 2.50. The first-order valence-electron chi connectivity index (χ1n) is 6.39. The van der Waals surface area contributed by atoms with Crippen molar-refractivity contribution >= 4 is 15.7 Å². The van der Waals surface area contributed by atoms with Crippen molar-refractivity contribution in [2.24, 2.45) is 17.6 Å². The highest BCUT2D eigenvalue weighted by Gasteiger charge is 2.32. The highest BCUT2D eigenvalue weighted by atomic mass is 32.2. The first kappa shape index (κ1) is 15.4. The van der Waals surface area contributed by atoms with E-state index in [0.29, 0.717) is 0 Å². The highest BCUT2D eigenvalue weighted by molar-refractivity contribution is 7.90. The van der Waals surface area contributed by atoms with E-state index in [0.717, 1.165) is 19.3 Å². The Hall–Kier alpha value is -0.620. The molecule has 0 aliphatic heterocycles. The number of nitrogens with two attached hydrogens (primary N) is 1. The minimum Gasteiger partial charge on any atom is -0.344 e. The Morgan fingerprint density at radius 3 is 2.50 bits per heavy atom. The topological polar surface area (TPSA) is 80.5 Å². The van der Waals surface area contributed by atoms with Gasteiger partial charge in [0.05, 0.1) is 5.75 Å². The quantitative estimate of drug-likeness (QED) is 0.798. The molecule has 1 fully saturated rings. The molecule has 0 saturated heterocycles. The van der Waals surface area contributed by atoms with Crippen LogP contribution in [0.25, 0.3) is 0 Å². The maximum absolute atomic E-state index is 12.2. The molecule has 0 heterocycles. The molecule has 2 N–H and O–H groups in total. The molecule has 1 rings (SSSR count). The monoisotopic (exact) mass is 276 g/mol. The van der Waals surface area contributed by atoms with Gasteiger partial charge < -0.3 is 10.6 Å². The average molecular weight is 276 g/mol. The van der Waals surface area contributed by atoms with Gasteiger partial charge in [-0.05, 0) is 25.2 Å². The molecule has 106 valence electrons. The Balaban J connectivity index is 2.53. The van der Waals surface area contributed by atoms with Gasteiger partial charge in [-0.15, -0.1) is 0 Å². The number of nitrogens with zero attached hydrogens (tertiary/aromatic N) is 1. The van der Waals surface area contributed by atoms with Crippen LogP contribution in [-0.2, 0) is 14.6 Å². The van der Waals surface area contributed by atoms with Gasteiger partial charge in [0.1, 0.15) is 9.84 Å². The summed E-state index contributed by atoms with van der Waals surface area (Å²) in [6.45, 7) is 2.32. The first-order valence-corrected chi connectivity index (χ1v) is 8.45. The van der Waals surface area contributed by atoms with Crippen LogP contribution < -0.4 is 5.73 Å². The number of carbonyl (C=O) groups excluding carboxylic acids is 1. The lowest BCUT2D eigenvalue weighted by Gasteiger charge is -2.34. The van der Waals surface area contributed by atoms with Crippen molar-refractivity contribution in [3.05, 3.63) is 0 Å². The molecule has 0 aromatic carbocycles. The van der Waals surface area contributed by atoms with Gasteiger partial charge in [-0.25, -0.2) is 8.42 Å². The summed E-state index contributed by atoms with van der Waals surface area (Å²) in [5.74, 6) is 0.352. The van der Waals surface area contributed by atoms with Gasteiger partial charge in [-0.3, -0.25) is 4.79 Å². The molecule has 0 aromatic heterocycles. The summed E-state index contributed by atoms with van der Waals surface area (Å²) < 4.78 is 22.2. The zero-order valence-corrected chi connectivity index (χ0v) is 12.2. The minimum absolute atomic E-state index is 0.00522. The number of hydrogen-bond acceptors (Lipinski definition) is 4. The predicted molar refractivity (Wildman–Crippen MR) is 71.8 cm³/mol. The molecular formula is C12H24N2O3S. The van der Waals surface area contributed by atoms with E-state index in [-0.39, 0.29) is 36.1 Å². The molecule has 1 saturated carbocycles. The SMILES string of the molecule is CC1CC(N)CCC1C(=O)N(C)CCS(C)(=O)=O. The lowest BCUT2D eigenvalue weighted by molar-refractivity contribution is -0.136. The average Bonchev–Trinajstić information content (AvgIpc) is 2.24. The second kappa shape index (κ2) is 6.02. The third-order valence-corrected chi connectivity index (χ3v) is 4.62. The smallest absolute Gasteiger partial charge is 0.225 e. The van der Waals surface area contributed by atoms with E-state index >= 15 is 0 Å². The summed E-state index contributed by atoms with van der Waals surface area (Å²) in [7, 11) is -1.34. The summed E-state index contributed by atoms with van der Waals surface area (Å²) >= 11 is 0. The second-order valence-electron chi connectivity index (χ2n) is 5.55. The number of rotatable bonds is 4. The summed E-state index contributed by atoms with van der Waals surface area (Å²) in [6, 6.07) is 0.199. The minimum atomic E-state index is -3.02. The van der Waals surface area contributed by atoms with E-state index in [1.165, 1.54) is 6.26 Å². The summed E-state index contributed by atoms with van der Waals surface area (Å²) in [6.07, 6.45) is 3.74. The van der Waals surface area contributed by atoms with Gasteiger partial charge in [0.15, 0.2) is 0 Å². The van der Waals surface area contributed by atoms with Crippen LogP contribution in [0, 0.1) is 11.8 Å². The molecule has 3 atom stereocenters. The van der Waals surface area contributed by atoms with Gasteiger partial charge in [0.25, 0.3) is 0 Å². The predicted octanol–water partition coefficient (Wildman–Crippen LogP) is 0.253. The Kier molecular flexibility index (Phi) is 5.16. The van der Waals surface area contributed by atoms with Crippen LogP contribution in [-0.4, -0.2) is 50.9 Å².